The molecule has 150 valence electrons. The number of amides is 1. The first kappa shape index (κ1) is 20.3. The number of benzene rings is 1. The topological polar surface area (TPSA) is 66.5 Å². The van der Waals surface area contributed by atoms with Gasteiger partial charge in [-0.3, -0.25) is 4.79 Å². The van der Waals surface area contributed by atoms with Crippen LogP contribution in [-0.2, 0) is 14.8 Å². The number of aryl methyl sites for hydroxylation is 3. The molecule has 0 aromatic heterocycles. The molecule has 1 amide bonds. The van der Waals surface area contributed by atoms with Gasteiger partial charge in [0.15, 0.2) is 0 Å². The van der Waals surface area contributed by atoms with Crippen molar-refractivity contribution >= 4 is 15.9 Å². The van der Waals surface area contributed by atoms with Crippen molar-refractivity contribution in [1.82, 2.24) is 9.62 Å². The van der Waals surface area contributed by atoms with E-state index in [1.165, 1.54) is 23.6 Å². The molecule has 1 unspecified atom stereocenters. The highest BCUT2D eigenvalue weighted by atomic mass is 32.2. The number of nitrogens with zero attached hydrogens (tertiary/aromatic N) is 1. The first-order valence-corrected chi connectivity index (χ1v) is 11.6. The molecule has 1 N–H and O–H groups in total. The third-order valence-electron chi connectivity index (χ3n) is 5.91. The van der Waals surface area contributed by atoms with Crippen molar-refractivity contribution < 1.29 is 13.2 Å². The Bertz CT molecular complexity index is 775. The zero-order valence-corrected chi connectivity index (χ0v) is 17.6. The molecule has 1 heterocycles. The highest BCUT2D eigenvalue weighted by Gasteiger charge is 2.35. The van der Waals surface area contributed by atoms with Crippen LogP contribution in [0.15, 0.2) is 17.0 Å². The molecule has 1 saturated carbocycles. The van der Waals surface area contributed by atoms with Gasteiger partial charge in [0.25, 0.3) is 0 Å². The summed E-state index contributed by atoms with van der Waals surface area (Å²) in [4.78, 5) is 13.1. The summed E-state index contributed by atoms with van der Waals surface area (Å²) in [5, 5.41) is 3.17. The SMILES string of the molecule is Cc1cc(C)c(S(=O)(=O)N2CCCC(C(=O)NC3CCCCC3)C2)c(C)c1. The lowest BCUT2D eigenvalue weighted by molar-refractivity contribution is -0.127. The minimum atomic E-state index is -3.59. The minimum Gasteiger partial charge on any atom is -0.353 e. The molecule has 27 heavy (non-hydrogen) atoms. The lowest BCUT2D eigenvalue weighted by atomic mass is 9.93. The second-order valence-corrected chi connectivity index (χ2v) is 10.1. The zero-order valence-electron chi connectivity index (χ0n) is 16.8. The summed E-state index contributed by atoms with van der Waals surface area (Å²) >= 11 is 0. The molecule has 6 heteroatoms. The van der Waals surface area contributed by atoms with Crippen molar-refractivity contribution in [3.63, 3.8) is 0 Å². The van der Waals surface area contributed by atoms with E-state index in [4.69, 9.17) is 0 Å². The van der Waals surface area contributed by atoms with Crippen molar-refractivity contribution in [2.75, 3.05) is 13.1 Å². The van der Waals surface area contributed by atoms with Gasteiger partial charge in [0.2, 0.25) is 15.9 Å². The first-order chi connectivity index (χ1) is 12.8. The number of carbonyl (C=O) groups excluding carboxylic acids is 1. The summed E-state index contributed by atoms with van der Waals surface area (Å²) in [6.45, 7) is 6.45. The molecule has 1 aliphatic heterocycles. The van der Waals surface area contributed by atoms with Crippen molar-refractivity contribution in [3.05, 3.63) is 28.8 Å². The summed E-state index contributed by atoms with van der Waals surface area (Å²) in [6.07, 6.45) is 7.16. The monoisotopic (exact) mass is 392 g/mol. The molecule has 0 radical (unpaired) electrons. The summed E-state index contributed by atoms with van der Waals surface area (Å²) in [5.74, 6) is -0.222. The van der Waals surface area contributed by atoms with Crippen molar-refractivity contribution in [3.8, 4) is 0 Å². The predicted octanol–water partition coefficient (Wildman–Crippen LogP) is 3.46. The Morgan fingerprint density at radius 3 is 2.26 bits per heavy atom. The molecule has 2 fully saturated rings. The van der Waals surface area contributed by atoms with Crippen molar-refractivity contribution in [1.29, 1.82) is 0 Å². The molecule has 1 saturated heterocycles. The Balaban J connectivity index is 1.74. The smallest absolute Gasteiger partial charge is 0.243 e. The standard InChI is InChI=1S/C21H32N2O3S/c1-15-12-16(2)20(17(3)13-15)27(25,26)23-11-7-8-18(14-23)21(24)22-19-9-5-4-6-10-19/h12-13,18-19H,4-11,14H2,1-3H3,(H,22,24). The van der Waals surface area contributed by atoms with Crippen LogP contribution in [0.5, 0.6) is 0 Å². The third kappa shape index (κ3) is 4.54. The maximum Gasteiger partial charge on any atom is 0.243 e. The Morgan fingerprint density at radius 1 is 1.00 bits per heavy atom. The Kier molecular flexibility index (Phi) is 6.26. The fourth-order valence-corrected chi connectivity index (χ4v) is 6.58. The molecule has 0 spiro atoms. The van der Waals surface area contributed by atoms with E-state index in [2.05, 4.69) is 5.32 Å². The average Bonchev–Trinajstić information content (AvgIpc) is 2.61. The number of hydrogen-bond donors (Lipinski definition) is 1. The number of carbonyl (C=O) groups is 1. The molecule has 0 bridgehead atoms. The number of piperidine rings is 1. The first-order valence-electron chi connectivity index (χ1n) is 10.2. The number of nitrogens with one attached hydrogen (secondary N) is 1. The molecular weight excluding hydrogens is 360 g/mol. The van der Waals surface area contributed by atoms with Crippen LogP contribution < -0.4 is 5.32 Å². The lowest BCUT2D eigenvalue weighted by Crippen LogP contribution is -2.48. The molecule has 1 aromatic rings. The summed E-state index contributed by atoms with van der Waals surface area (Å²) < 4.78 is 28.1. The van der Waals surface area contributed by atoms with Gasteiger partial charge in [0, 0.05) is 19.1 Å². The van der Waals surface area contributed by atoms with Crippen molar-refractivity contribution in [2.24, 2.45) is 5.92 Å². The summed E-state index contributed by atoms with van der Waals surface area (Å²) in [7, 11) is -3.59. The number of sulfonamides is 1. The largest absolute Gasteiger partial charge is 0.353 e. The van der Waals surface area contributed by atoms with Gasteiger partial charge in [0.05, 0.1) is 10.8 Å². The Morgan fingerprint density at radius 2 is 1.63 bits per heavy atom. The van der Waals surface area contributed by atoms with Crippen LogP contribution in [0.4, 0.5) is 0 Å². The van der Waals surface area contributed by atoms with Crippen LogP contribution in [0.2, 0.25) is 0 Å². The van der Waals surface area contributed by atoms with Gasteiger partial charge in [-0.15, -0.1) is 0 Å². The molecule has 3 rings (SSSR count). The third-order valence-corrected chi connectivity index (χ3v) is 8.08. The maximum absolute atomic E-state index is 13.3. The molecule has 1 atom stereocenters. The van der Waals surface area contributed by atoms with Crippen LogP contribution in [0, 0.1) is 26.7 Å². The Hall–Kier alpha value is -1.40. The lowest BCUT2D eigenvalue weighted by Gasteiger charge is -2.33. The normalized spacial score (nSPS) is 22.6. The quantitative estimate of drug-likeness (QED) is 0.853. The highest BCUT2D eigenvalue weighted by molar-refractivity contribution is 7.89. The van der Waals surface area contributed by atoms with Gasteiger partial charge in [-0.1, -0.05) is 37.0 Å². The fourth-order valence-electron chi connectivity index (χ4n) is 4.64. The Labute approximate surface area is 163 Å². The van der Waals surface area contributed by atoms with E-state index in [1.807, 2.05) is 32.9 Å². The van der Waals surface area contributed by atoms with E-state index in [1.54, 1.807) is 0 Å². The van der Waals surface area contributed by atoms with Gasteiger partial charge in [-0.05, 0) is 57.6 Å². The highest BCUT2D eigenvalue weighted by Crippen LogP contribution is 2.29. The second-order valence-electron chi connectivity index (χ2n) is 8.27. The van der Waals surface area contributed by atoms with E-state index in [0.29, 0.717) is 11.4 Å². The molecular formula is C21H32N2O3S. The van der Waals surface area contributed by atoms with Gasteiger partial charge in [-0.25, -0.2) is 8.42 Å². The number of rotatable bonds is 4. The van der Waals surface area contributed by atoms with Crippen LogP contribution >= 0.6 is 0 Å². The van der Waals surface area contributed by atoms with Crippen LogP contribution in [0.25, 0.3) is 0 Å². The van der Waals surface area contributed by atoms with Gasteiger partial charge in [-0.2, -0.15) is 4.31 Å². The van der Waals surface area contributed by atoms with E-state index < -0.39 is 10.0 Å². The number of hydrogen-bond acceptors (Lipinski definition) is 3. The van der Waals surface area contributed by atoms with E-state index in [0.717, 1.165) is 42.4 Å². The second kappa shape index (κ2) is 8.31. The predicted molar refractivity (Wildman–Crippen MR) is 107 cm³/mol. The molecule has 2 aliphatic rings. The van der Waals surface area contributed by atoms with E-state index in [-0.39, 0.29) is 24.4 Å². The summed E-state index contributed by atoms with van der Waals surface area (Å²) in [5.41, 5.74) is 2.62. The minimum absolute atomic E-state index is 0.0270. The van der Waals surface area contributed by atoms with Crippen LogP contribution in [0.3, 0.4) is 0 Å². The van der Waals surface area contributed by atoms with E-state index >= 15 is 0 Å². The maximum atomic E-state index is 13.3. The summed E-state index contributed by atoms with van der Waals surface area (Å²) in [6, 6.07) is 4.09. The van der Waals surface area contributed by atoms with E-state index in [9.17, 15) is 13.2 Å². The van der Waals surface area contributed by atoms with Crippen LogP contribution in [0.1, 0.15) is 61.6 Å². The molecule has 5 nitrogen and oxygen atoms in total. The molecule has 1 aromatic carbocycles. The van der Waals surface area contributed by atoms with Crippen molar-refractivity contribution in [2.45, 2.75) is 76.7 Å². The van der Waals surface area contributed by atoms with Gasteiger partial charge in [0.1, 0.15) is 0 Å². The average molecular weight is 393 g/mol. The van der Waals surface area contributed by atoms with Gasteiger partial charge < -0.3 is 5.32 Å². The van der Waals surface area contributed by atoms with Crippen LogP contribution in [-0.4, -0.2) is 37.8 Å². The van der Waals surface area contributed by atoms with Gasteiger partial charge >= 0.3 is 0 Å². The molecule has 1 aliphatic carbocycles. The zero-order chi connectivity index (χ0) is 19.6. The fraction of sp³-hybridized carbons (Fsp3) is 0.667.